The molecule has 0 aliphatic heterocycles. The van der Waals surface area contributed by atoms with Gasteiger partial charge in [-0.3, -0.25) is 0 Å². The third-order valence-corrected chi connectivity index (χ3v) is 28.6. The van der Waals surface area contributed by atoms with Crippen LogP contribution in [-0.4, -0.2) is 36.6 Å². The Morgan fingerprint density at radius 1 is 1.60 bits per heavy atom. The summed E-state index contributed by atoms with van der Waals surface area (Å²) in [7, 11) is 5.22. The Morgan fingerprint density at radius 3 is 1.80 bits per heavy atom. The van der Waals surface area contributed by atoms with E-state index in [4.69, 9.17) is 0 Å². The molecule has 0 aromatic carbocycles. The van der Waals surface area contributed by atoms with Crippen molar-refractivity contribution in [2.45, 2.75) is 0 Å². The predicted octanol–water partition coefficient (Wildman–Crippen LogP) is -3.94. The van der Waals surface area contributed by atoms with E-state index >= 15 is 0 Å². The van der Waals surface area contributed by atoms with Gasteiger partial charge in [0.1, 0.15) is 0 Å². The largest absolute Gasteiger partial charge is 0.0120 e. The fourth-order valence-corrected chi connectivity index (χ4v) is 0. The zero-order valence-electron chi connectivity index (χ0n) is 3.62. The first-order valence-electron chi connectivity index (χ1n) is 1.71. The SMILES string of the molecule is [SiH2][SiH2][SiH2][SiH3].[Zr]. The van der Waals surface area contributed by atoms with Gasteiger partial charge in [0.2, 0.25) is 0 Å². The van der Waals surface area contributed by atoms with Crippen molar-refractivity contribution in [2.24, 2.45) is 0 Å². The topological polar surface area (TPSA) is 0 Å². The molecule has 0 spiro atoms. The Hall–Kier alpha value is 1.75. The van der Waals surface area contributed by atoms with Crippen LogP contribution in [0.15, 0.2) is 0 Å². The van der Waals surface area contributed by atoms with Crippen LogP contribution in [0.2, 0.25) is 0 Å². The van der Waals surface area contributed by atoms with Crippen molar-refractivity contribution in [3.8, 4) is 0 Å². The van der Waals surface area contributed by atoms with Gasteiger partial charge in [-0.15, -0.1) is 0 Å². The maximum atomic E-state index is 2.26. The van der Waals surface area contributed by atoms with Crippen LogP contribution < -0.4 is 0 Å². The Bertz CT molecular complexity index is 5.61. The molecule has 0 bridgehead atoms. The van der Waals surface area contributed by atoms with E-state index in [1.807, 2.05) is 0 Å². The quantitative estimate of drug-likeness (QED) is 0.390. The van der Waals surface area contributed by atoms with Gasteiger partial charge < -0.3 is 0 Å². The standard InChI is InChI=1S/H9Si4.Zr/c1-3-4-2;/h1,3-4H2,2H3;. The van der Waals surface area contributed by atoms with Gasteiger partial charge in [0, 0.05) is 26.2 Å². The van der Waals surface area contributed by atoms with Crippen LogP contribution in [0.4, 0.5) is 0 Å². The monoisotopic (exact) mass is 211 g/mol. The van der Waals surface area contributed by atoms with Crippen molar-refractivity contribution in [3.05, 3.63) is 0 Å². The Kier molecular flexibility index (Phi) is 18.3. The fourth-order valence-electron chi connectivity index (χ4n) is 0. The van der Waals surface area contributed by atoms with Gasteiger partial charge >= 0.3 is 0 Å². The molecule has 0 heterocycles. The molecule has 0 saturated carbocycles. The molecule has 0 aliphatic carbocycles. The Labute approximate surface area is 62.5 Å². The van der Waals surface area contributed by atoms with E-state index in [1.54, 1.807) is 9.76 Å². The molecular weight excluding hydrogens is 204 g/mol. The maximum absolute atomic E-state index is 2.26. The van der Waals surface area contributed by atoms with Crippen LogP contribution in [-0.2, 0) is 26.2 Å². The molecule has 0 atom stereocenters. The molecule has 0 saturated heterocycles. The van der Waals surface area contributed by atoms with Gasteiger partial charge in [0.25, 0.3) is 0 Å². The molecule has 0 aromatic heterocycles. The van der Waals surface area contributed by atoms with Gasteiger partial charge in [0.15, 0.2) is 0 Å². The van der Waals surface area contributed by atoms with Crippen LogP contribution >= 0.6 is 0 Å². The molecule has 0 unspecified atom stereocenters. The molecule has 0 fully saturated rings. The van der Waals surface area contributed by atoms with E-state index in [1.165, 1.54) is 0 Å². The van der Waals surface area contributed by atoms with Crippen molar-refractivity contribution in [1.82, 2.24) is 0 Å². The minimum absolute atomic E-state index is 0. The Morgan fingerprint density at radius 2 is 1.80 bits per heavy atom. The van der Waals surface area contributed by atoms with Crippen molar-refractivity contribution in [2.75, 3.05) is 0 Å². The van der Waals surface area contributed by atoms with E-state index in [2.05, 4.69) is 9.76 Å². The molecule has 0 rings (SSSR count). The molecule has 0 nitrogen and oxygen atoms in total. The molecule has 5 heteroatoms. The second-order valence-electron chi connectivity index (χ2n) is 0.854. The smallest absolute Gasteiger partial charge is 0 e. The van der Waals surface area contributed by atoms with Gasteiger partial charge in [-0.25, -0.2) is 0 Å². The van der Waals surface area contributed by atoms with Crippen LogP contribution in [0.5, 0.6) is 0 Å². The minimum atomic E-state index is 0. The molecule has 29 valence electrons. The zero-order valence-corrected chi connectivity index (χ0v) is 12.3. The first kappa shape index (κ1) is 9.89. The zero-order chi connectivity index (χ0) is 3.41. The van der Waals surface area contributed by atoms with Crippen molar-refractivity contribution < 1.29 is 26.2 Å². The second kappa shape index (κ2) is 9.23. The third-order valence-electron chi connectivity index (χ3n) is 0.354. The summed E-state index contributed by atoms with van der Waals surface area (Å²) in [5.74, 6) is 0. The summed E-state index contributed by atoms with van der Waals surface area (Å²) in [6, 6.07) is 0. The van der Waals surface area contributed by atoms with Crippen LogP contribution in [0.25, 0.3) is 0 Å². The predicted molar refractivity (Wildman–Crippen MR) is 35.6 cm³/mol. The molecule has 5 heavy (non-hydrogen) atoms. The second-order valence-corrected chi connectivity index (χ2v) is 23.0. The molecule has 0 N–H and O–H groups in total. The van der Waals surface area contributed by atoms with E-state index in [0.717, 1.165) is 0 Å². The van der Waals surface area contributed by atoms with Crippen molar-refractivity contribution in [1.29, 1.82) is 0 Å². The van der Waals surface area contributed by atoms with Crippen molar-refractivity contribution in [3.63, 3.8) is 0 Å². The van der Waals surface area contributed by atoms with E-state index in [0.29, 0.717) is 17.1 Å². The summed E-state index contributed by atoms with van der Waals surface area (Å²) in [5, 5.41) is 0. The van der Waals surface area contributed by atoms with Gasteiger partial charge in [-0.05, 0) is 36.6 Å². The van der Waals surface area contributed by atoms with Crippen LogP contribution in [0.3, 0.4) is 0 Å². The minimum Gasteiger partial charge on any atom is -0.0120 e. The number of hydrogen-bond donors (Lipinski definition) is 0. The Balaban J connectivity index is 0. The first-order valence-corrected chi connectivity index (χ1v) is 15.4. The van der Waals surface area contributed by atoms with Gasteiger partial charge in [-0.1, -0.05) is 0 Å². The maximum Gasteiger partial charge on any atom is 0 e. The molecular formula is H9Si4Zr. The van der Waals surface area contributed by atoms with Crippen LogP contribution in [0, 0.1) is 0 Å². The fraction of sp³-hybridized carbons (Fsp3) is 0. The average Bonchev–Trinajstić information content (AvgIpc) is 1.37. The summed E-state index contributed by atoms with van der Waals surface area (Å²) in [6.45, 7) is 0. The average molecular weight is 213 g/mol. The molecule has 0 aromatic rings. The number of hydrogen-bond acceptors (Lipinski definition) is 0. The summed E-state index contributed by atoms with van der Waals surface area (Å²) in [4.78, 5) is 0. The van der Waals surface area contributed by atoms with E-state index in [9.17, 15) is 0 Å². The van der Waals surface area contributed by atoms with E-state index < -0.39 is 0 Å². The molecule has 0 amide bonds. The number of rotatable bonds is 1. The van der Waals surface area contributed by atoms with Gasteiger partial charge in [0.05, 0.1) is 0 Å². The summed E-state index contributed by atoms with van der Waals surface area (Å²) in [5.41, 5.74) is 0. The third kappa shape index (κ3) is 10.7. The van der Waals surface area contributed by atoms with Crippen molar-refractivity contribution >= 4 is 36.6 Å². The molecule has 1 radical (unpaired) electrons. The summed E-state index contributed by atoms with van der Waals surface area (Å²) >= 11 is 0. The molecule has 0 aliphatic rings. The van der Waals surface area contributed by atoms with Gasteiger partial charge in [-0.2, -0.15) is 0 Å². The first-order chi connectivity index (χ1) is 1.91. The van der Waals surface area contributed by atoms with E-state index in [-0.39, 0.29) is 26.2 Å². The summed E-state index contributed by atoms with van der Waals surface area (Å²) in [6.07, 6.45) is 0. The summed E-state index contributed by atoms with van der Waals surface area (Å²) < 4.78 is 0. The normalized spacial score (nSPS) is 11.4. The van der Waals surface area contributed by atoms with Crippen LogP contribution in [0.1, 0.15) is 0 Å².